The molecule has 134 valence electrons. The number of carbonyl (C=O) groups excluding carboxylic acids is 1. The number of rotatable bonds is 4. The molecule has 0 saturated carbocycles. The molecule has 0 bridgehead atoms. The normalized spacial score (nSPS) is 15.4. The summed E-state index contributed by atoms with van der Waals surface area (Å²) in [6.45, 7) is 4.15. The maximum Gasteiger partial charge on any atom is 0.262 e. The fraction of sp³-hybridized carbons (Fsp3) is 0.500. The van der Waals surface area contributed by atoms with Gasteiger partial charge >= 0.3 is 0 Å². The average Bonchev–Trinajstić information content (AvgIpc) is 2.90. The molecule has 1 saturated heterocycles. The lowest BCUT2D eigenvalue weighted by Gasteiger charge is -2.20. The number of halogens is 1. The first-order valence-electron chi connectivity index (χ1n) is 8.71. The third kappa shape index (κ3) is 4.26. The number of carbonyl (C=O) groups is 1. The van der Waals surface area contributed by atoms with E-state index in [1.165, 1.54) is 24.6 Å². The topological polar surface area (TPSA) is 55.2 Å². The second-order valence-corrected chi connectivity index (χ2v) is 8.05. The Hall–Kier alpha value is -1.34. The average molecular weight is 424 g/mol. The minimum absolute atomic E-state index is 0.0569. The summed E-state index contributed by atoms with van der Waals surface area (Å²) in [5.41, 5.74) is 0.612. The molecule has 25 heavy (non-hydrogen) atoms. The van der Waals surface area contributed by atoms with Crippen molar-refractivity contribution >= 4 is 44.5 Å². The summed E-state index contributed by atoms with van der Waals surface area (Å²) in [4.78, 5) is 31.8. The van der Waals surface area contributed by atoms with Crippen molar-refractivity contribution < 1.29 is 4.79 Å². The number of hydrogen-bond donors (Lipinski definition) is 0. The van der Waals surface area contributed by atoms with Gasteiger partial charge in [0.1, 0.15) is 0 Å². The van der Waals surface area contributed by atoms with Crippen LogP contribution in [0.4, 0.5) is 0 Å². The lowest BCUT2D eigenvalue weighted by molar-refractivity contribution is -0.128. The number of fused-ring (bicyclic) bond motifs is 1. The van der Waals surface area contributed by atoms with Gasteiger partial charge in [-0.05, 0) is 38.0 Å². The van der Waals surface area contributed by atoms with Gasteiger partial charge in [0.25, 0.3) is 5.56 Å². The molecule has 3 rings (SSSR count). The van der Waals surface area contributed by atoms with Gasteiger partial charge in [0.05, 0.1) is 16.7 Å². The highest BCUT2D eigenvalue weighted by Gasteiger charge is 2.17. The van der Waals surface area contributed by atoms with Crippen LogP contribution in [0.2, 0.25) is 0 Å². The first-order valence-corrected chi connectivity index (χ1v) is 10.5. The minimum Gasteiger partial charge on any atom is -0.342 e. The maximum absolute atomic E-state index is 12.7. The quantitative estimate of drug-likeness (QED) is 0.555. The molecule has 0 unspecified atom stereocenters. The number of likely N-dealkylation sites (tertiary alicyclic amines) is 1. The predicted molar refractivity (Wildman–Crippen MR) is 105 cm³/mol. The number of thioether (sulfide) groups is 1. The van der Waals surface area contributed by atoms with Crippen molar-refractivity contribution in [1.82, 2.24) is 14.5 Å². The number of aromatic nitrogens is 2. The first-order chi connectivity index (χ1) is 12.1. The second-order valence-electron chi connectivity index (χ2n) is 6.19. The van der Waals surface area contributed by atoms with Crippen LogP contribution in [-0.4, -0.2) is 39.2 Å². The van der Waals surface area contributed by atoms with Crippen LogP contribution < -0.4 is 5.56 Å². The molecule has 0 N–H and O–H groups in total. The maximum atomic E-state index is 12.7. The van der Waals surface area contributed by atoms with Crippen LogP contribution in [0, 0.1) is 0 Å². The zero-order valence-electron chi connectivity index (χ0n) is 14.3. The van der Waals surface area contributed by atoms with Gasteiger partial charge in [-0.3, -0.25) is 14.2 Å². The van der Waals surface area contributed by atoms with Crippen LogP contribution in [0.15, 0.2) is 32.6 Å². The molecule has 1 aliphatic rings. The van der Waals surface area contributed by atoms with E-state index in [0.717, 1.165) is 30.4 Å². The predicted octanol–water partition coefficient (Wildman–Crippen LogP) is 3.67. The standard InChI is InChI=1S/C18H22BrN3O2S/c1-2-22-17(24)14-11-13(19)7-8-15(14)20-18(22)25-12-16(23)21-9-5-3-4-6-10-21/h7-8,11H,2-6,9-10,12H2,1H3. The van der Waals surface area contributed by atoms with Crippen LogP contribution in [0.3, 0.4) is 0 Å². The van der Waals surface area contributed by atoms with Gasteiger partial charge < -0.3 is 4.90 Å². The molecular formula is C18H22BrN3O2S. The number of amides is 1. The Morgan fingerprint density at radius 1 is 1.24 bits per heavy atom. The van der Waals surface area contributed by atoms with Gasteiger partial charge in [0, 0.05) is 24.1 Å². The largest absolute Gasteiger partial charge is 0.342 e. The summed E-state index contributed by atoms with van der Waals surface area (Å²) >= 11 is 4.76. The van der Waals surface area contributed by atoms with Crippen LogP contribution in [0.1, 0.15) is 32.6 Å². The number of benzene rings is 1. The van der Waals surface area contributed by atoms with E-state index >= 15 is 0 Å². The van der Waals surface area contributed by atoms with Crippen molar-refractivity contribution in [3.63, 3.8) is 0 Å². The van der Waals surface area contributed by atoms with Gasteiger partial charge in [-0.25, -0.2) is 4.98 Å². The Bertz CT molecular complexity index is 829. The molecule has 0 radical (unpaired) electrons. The monoisotopic (exact) mass is 423 g/mol. The molecule has 1 aromatic heterocycles. The zero-order chi connectivity index (χ0) is 17.8. The molecule has 1 aliphatic heterocycles. The molecule has 0 atom stereocenters. The molecule has 1 aromatic carbocycles. The summed E-state index contributed by atoms with van der Waals surface area (Å²) in [5, 5.41) is 1.21. The van der Waals surface area contributed by atoms with Crippen LogP contribution in [0.5, 0.6) is 0 Å². The van der Waals surface area contributed by atoms with Crippen LogP contribution in [0.25, 0.3) is 10.9 Å². The Balaban J connectivity index is 1.82. The number of hydrogen-bond acceptors (Lipinski definition) is 4. The van der Waals surface area contributed by atoms with Crippen molar-refractivity contribution in [3.05, 3.63) is 33.0 Å². The van der Waals surface area contributed by atoms with E-state index < -0.39 is 0 Å². The van der Waals surface area contributed by atoms with E-state index in [0.29, 0.717) is 28.4 Å². The van der Waals surface area contributed by atoms with Crippen LogP contribution >= 0.6 is 27.7 Å². The number of nitrogens with zero attached hydrogens (tertiary/aromatic N) is 3. The molecular weight excluding hydrogens is 402 g/mol. The Labute approximate surface area is 159 Å². The fourth-order valence-corrected chi connectivity index (χ4v) is 4.43. The molecule has 2 aromatic rings. The van der Waals surface area contributed by atoms with E-state index in [4.69, 9.17) is 0 Å². The Kier molecular flexibility index (Phi) is 6.17. The molecule has 2 heterocycles. The lowest BCUT2D eigenvalue weighted by atomic mass is 10.2. The SMILES string of the molecule is CCn1c(SCC(=O)N2CCCCCC2)nc2ccc(Br)cc2c1=O. The summed E-state index contributed by atoms with van der Waals surface area (Å²) in [7, 11) is 0. The highest BCUT2D eigenvalue weighted by atomic mass is 79.9. The fourth-order valence-electron chi connectivity index (χ4n) is 3.10. The van der Waals surface area contributed by atoms with E-state index in [9.17, 15) is 9.59 Å². The van der Waals surface area contributed by atoms with Gasteiger partial charge in [0.2, 0.25) is 5.91 Å². The van der Waals surface area contributed by atoms with Gasteiger partial charge in [-0.2, -0.15) is 0 Å². The van der Waals surface area contributed by atoms with E-state index in [-0.39, 0.29) is 11.5 Å². The van der Waals surface area contributed by atoms with Gasteiger partial charge in [-0.15, -0.1) is 0 Å². The van der Waals surface area contributed by atoms with Crippen molar-refractivity contribution in [3.8, 4) is 0 Å². The highest BCUT2D eigenvalue weighted by molar-refractivity contribution is 9.10. The van der Waals surface area contributed by atoms with Crippen molar-refractivity contribution in [2.75, 3.05) is 18.8 Å². The minimum atomic E-state index is -0.0569. The summed E-state index contributed by atoms with van der Waals surface area (Å²) in [6, 6.07) is 5.51. The first kappa shape index (κ1) is 18.5. The summed E-state index contributed by atoms with van der Waals surface area (Å²) < 4.78 is 2.51. The molecule has 5 nitrogen and oxygen atoms in total. The van der Waals surface area contributed by atoms with E-state index in [1.54, 1.807) is 10.6 Å². The molecule has 7 heteroatoms. The molecule has 1 fully saturated rings. The molecule has 1 amide bonds. The summed E-state index contributed by atoms with van der Waals surface area (Å²) in [5.74, 6) is 0.466. The summed E-state index contributed by atoms with van der Waals surface area (Å²) in [6.07, 6.45) is 4.57. The third-order valence-electron chi connectivity index (χ3n) is 4.48. The molecule has 0 spiro atoms. The zero-order valence-corrected chi connectivity index (χ0v) is 16.7. The van der Waals surface area contributed by atoms with Crippen molar-refractivity contribution in [2.24, 2.45) is 0 Å². The van der Waals surface area contributed by atoms with Crippen molar-refractivity contribution in [1.29, 1.82) is 0 Å². The van der Waals surface area contributed by atoms with Crippen molar-refractivity contribution in [2.45, 2.75) is 44.3 Å². The second kappa shape index (κ2) is 8.36. The van der Waals surface area contributed by atoms with E-state index in [2.05, 4.69) is 20.9 Å². The third-order valence-corrected chi connectivity index (χ3v) is 5.94. The highest BCUT2D eigenvalue weighted by Crippen LogP contribution is 2.21. The van der Waals surface area contributed by atoms with Crippen LogP contribution in [-0.2, 0) is 11.3 Å². The lowest BCUT2D eigenvalue weighted by Crippen LogP contribution is -2.33. The van der Waals surface area contributed by atoms with E-state index in [1.807, 2.05) is 24.0 Å². The Morgan fingerprint density at radius 3 is 2.64 bits per heavy atom. The van der Waals surface area contributed by atoms with Gasteiger partial charge in [-0.1, -0.05) is 40.5 Å². The Morgan fingerprint density at radius 2 is 1.96 bits per heavy atom. The smallest absolute Gasteiger partial charge is 0.262 e. The molecule has 0 aliphatic carbocycles. The van der Waals surface area contributed by atoms with Gasteiger partial charge in [0.15, 0.2) is 5.16 Å².